The van der Waals surface area contributed by atoms with Gasteiger partial charge in [-0.2, -0.15) is 0 Å². The van der Waals surface area contributed by atoms with Gasteiger partial charge in [0, 0.05) is 41.9 Å². The molecule has 1 aliphatic heterocycles. The smallest absolute Gasteiger partial charge is 0.227 e. The molecule has 3 aromatic heterocycles. The number of aryl methyl sites for hydroxylation is 2. The fourth-order valence-corrected chi connectivity index (χ4v) is 7.90. The molecule has 2 aliphatic carbocycles. The third-order valence-corrected chi connectivity index (χ3v) is 9.93. The van der Waals surface area contributed by atoms with Crippen molar-refractivity contribution in [1.82, 2.24) is 14.9 Å². The van der Waals surface area contributed by atoms with Gasteiger partial charge in [0.05, 0.1) is 11.8 Å². The third-order valence-electron chi connectivity index (χ3n) is 7.87. The Bertz CT molecular complexity index is 1140. The molecule has 0 bridgehead atoms. The summed E-state index contributed by atoms with van der Waals surface area (Å²) in [6, 6.07) is 4.09. The number of fused-ring (bicyclic) bond motifs is 3. The Morgan fingerprint density at radius 1 is 0.971 bits per heavy atom. The maximum absolute atomic E-state index is 12.9. The molecule has 0 N–H and O–H groups in total. The maximum atomic E-state index is 12.9. The number of anilines is 1. The van der Waals surface area contributed by atoms with Gasteiger partial charge >= 0.3 is 0 Å². The Morgan fingerprint density at radius 2 is 1.76 bits per heavy atom. The van der Waals surface area contributed by atoms with E-state index in [0.717, 1.165) is 49.1 Å². The van der Waals surface area contributed by atoms with Gasteiger partial charge in [-0.3, -0.25) is 4.79 Å². The summed E-state index contributed by atoms with van der Waals surface area (Å²) in [4.78, 5) is 31.8. The normalized spacial score (nSPS) is 19.9. The minimum Gasteiger partial charge on any atom is -0.352 e. The van der Waals surface area contributed by atoms with Crippen molar-refractivity contribution in [2.24, 2.45) is 0 Å². The van der Waals surface area contributed by atoms with Crippen molar-refractivity contribution >= 4 is 44.6 Å². The lowest BCUT2D eigenvalue weighted by Crippen LogP contribution is -2.49. The molecule has 5 nitrogen and oxygen atoms in total. The van der Waals surface area contributed by atoms with E-state index < -0.39 is 0 Å². The van der Waals surface area contributed by atoms with Crippen LogP contribution in [0, 0.1) is 0 Å². The van der Waals surface area contributed by atoms with Gasteiger partial charge in [-0.15, -0.1) is 22.7 Å². The first kappa shape index (κ1) is 22.5. The summed E-state index contributed by atoms with van der Waals surface area (Å²) in [5.74, 6) is 3.00. The summed E-state index contributed by atoms with van der Waals surface area (Å²) in [7, 11) is 0. The number of hydrogen-bond donors (Lipinski definition) is 0. The van der Waals surface area contributed by atoms with Crippen molar-refractivity contribution in [2.75, 3.05) is 31.1 Å². The average Bonchev–Trinajstić information content (AvgIpc) is 3.45. The van der Waals surface area contributed by atoms with Crippen molar-refractivity contribution in [3.05, 3.63) is 38.7 Å². The van der Waals surface area contributed by atoms with Crippen LogP contribution in [0.1, 0.15) is 78.4 Å². The van der Waals surface area contributed by atoms with Crippen LogP contribution in [0.4, 0.5) is 5.82 Å². The number of rotatable bonds is 4. The molecule has 2 fully saturated rings. The highest BCUT2D eigenvalue weighted by atomic mass is 32.1. The maximum Gasteiger partial charge on any atom is 0.227 e. The molecule has 34 heavy (non-hydrogen) atoms. The molecule has 0 unspecified atom stereocenters. The predicted octanol–water partition coefficient (Wildman–Crippen LogP) is 5.96. The molecule has 4 heterocycles. The van der Waals surface area contributed by atoms with Gasteiger partial charge in [0.25, 0.3) is 0 Å². The minimum atomic E-state index is 0.252. The largest absolute Gasteiger partial charge is 0.352 e. The van der Waals surface area contributed by atoms with Gasteiger partial charge in [0.1, 0.15) is 16.5 Å². The number of thiophene rings is 2. The van der Waals surface area contributed by atoms with E-state index in [0.29, 0.717) is 12.3 Å². The highest BCUT2D eigenvalue weighted by Crippen LogP contribution is 2.41. The van der Waals surface area contributed by atoms with Crippen LogP contribution in [-0.2, 0) is 24.1 Å². The Hall–Kier alpha value is -1.99. The minimum absolute atomic E-state index is 0.252. The molecular weight excluding hydrogens is 460 g/mol. The van der Waals surface area contributed by atoms with Crippen LogP contribution in [0.2, 0.25) is 0 Å². The van der Waals surface area contributed by atoms with Crippen LogP contribution in [0.25, 0.3) is 10.2 Å². The quantitative estimate of drug-likeness (QED) is 0.420. The predicted molar refractivity (Wildman–Crippen MR) is 141 cm³/mol. The van der Waals surface area contributed by atoms with E-state index in [1.165, 1.54) is 73.6 Å². The molecule has 1 amide bonds. The molecule has 180 valence electrons. The Kier molecular flexibility index (Phi) is 6.57. The number of carbonyl (C=O) groups is 1. The van der Waals surface area contributed by atoms with Crippen molar-refractivity contribution < 1.29 is 4.79 Å². The second-order valence-electron chi connectivity index (χ2n) is 10.1. The highest BCUT2D eigenvalue weighted by Gasteiger charge is 2.29. The first-order chi connectivity index (χ1) is 16.8. The van der Waals surface area contributed by atoms with E-state index in [1.807, 2.05) is 22.3 Å². The summed E-state index contributed by atoms with van der Waals surface area (Å²) in [5, 5.41) is 3.38. The first-order valence-electron chi connectivity index (χ1n) is 13.1. The van der Waals surface area contributed by atoms with Gasteiger partial charge < -0.3 is 9.80 Å². The zero-order valence-corrected chi connectivity index (χ0v) is 21.6. The summed E-state index contributed by atoms with van der Waals surface area (Å²) in [6.45, 7) is 3.27. The van der Waals surface area contributed by atoms with E-state index in [-0.39, 0.29) is 5.91 Å². The molecule has 0 radical (unpaired) electrons. The molecule has 3 aliphatic rings. The Labute approximate surface area is 210 Å². The lowest BCUT2D eigenvalue weighted by molar-refractivity contribution is -0.130. The van der Waals surface area contributed by atoms with Gasteiger partial charge in [-0.25, -0.2) is 9.97 Å². The molecule has 1 saturated carbocycles. The number of amides is 1. The second-order valence-corrected chi connectivity index (χ2v) is 12.2. The van der Waals surface area contributed by atoms with Crippen molar-refractivity contribution in [3.63, 3.8) is 0 Å². The molecule has 0 atom stereocenters. The number of nitrogens with zero attached hydrogens (tertiary/aromatic N) is 4. The van der Waals surface area contributed by atoms with E-state index in [4.69, 9.17) is 9.97 Å². The lowest BCUT2D eigenvalue weighted by Gasteiger charge is -2.36. The lowest BCUT2D eigenvalue weighted by atomic mass is 9.88. The fraction of sp³-hybridized carbons (Fsp3) is 0.593. The van der Waals surface area contributed by atoms with Crippen LogP contribution in [0.15, 0.2) is 17.5 Å². The van der Waals surface area contributed by atoms with Crippen LogP contribution in [-0.4, -0.2) is 47.0 Å². The standard InChI is InChI=1S/C27H34N4OS2/c32-23(18-20-10-7-17-33-20)30-13-15-31(16-14-30)26-24-21-11-5-2-6-12-22(21)34-27(24)29-25(28-26)19-8-3-1-4-9-19/h7,10,17,19H,1-6,8-9,11-16,18H2. The molecule has 3 aromatic rings. The molecule has 0 spiro atoms. The van der Waals surface area contributed by atoms with Crippen molar-refractivity contribution in [2.45, 2.75) is 76.5 Å². The van der Waals surface area contributed by atoms with E-state index in [9.17, 15) is 4.79 Å². The van der Waals surface area contributed by atoms with Gasteiger partial charge in [0.2, 0.25) is 5.91 Å². The molecule has 6 rings (SSSR count). The fourth-order valence-electron chi connectivity index (χ4n) is 5.94. The second kappa shape index (κ2) is 9.94. The molecule has 0 aromatic carbocycles. The van der Waals surface area contributed by atoms with Crippen LogP contribution in [0.5, 0.6) is 0 Å². The van der Waals surface area contributed by atoms with Gasteiger partial charge in [0.15, 0.2) is 0 Å². The highest BCUT2D eigenvalue weighted by molar-refractivity contribution is 7.19. The topological polar surface area (TPSA) is 49.3 Å². The Morgan fingerprint density at radius 3 is 2.56 bits per heavy atom. The van der Waals surface area contributed by atoms with Crippen molar-refractivity contribution in [3.8, 4) is 0 Å². The zero-order valence-electron chi connectivity index (χ0n) is 19.9. The van der Waals surface area contributed by atoms with Crippen molar-refractivity contribution in [1.29, 1.82) is 0 Å². The Balaban J connectivity index is 1.29. The summed E-state index contributed by atoms with van der Waals surface area (Å²) >= 11 is 3.61. The van der Waals surface area contributed by atoms with E-state index in [1.54, 1.807) is 16.2 Å². The summed E-state index contributed by atoms with van der Waals surface area (Å²) < 4.78 is 0. The zero-order chi connectivity index (χ0) is 22.9. The van der Waals surface area contributed by atoms with Crippen LogP contribution < -0.4 is 4.90 Å². The molecular formula is C27H34N4OS2. The number of hydrogen-bond acceptors (Lipinski definition) is 6. The first-order valence-corrected chi connectivity index (χ1v) is 14.8. The number of piperazine rings is 1. The monoisotopic (exact) mass is 494 g/mol. The van der Waals surface area contributed by atoms with E-state index in [2.05, 4.69) is 16.3 Å². The number of carbonyl (C=O) groups excluding carboxylic acids is 1. The summed E-state index contributed by atoms with van der Waals surface area (Å²) in [6.07, 6.45) is 13.2. The van der Waals surface area contributed by atoms with Gasteiger partial charge in [-0.1, -0.05) is 31.7 Å². The van der Waals surface area contributed by atoms with Crippen LogP contribution >= 0.6 is 22.7 Å². The molecule has 1 saturated heterocycles. The number of aromatic nitrogens is 2. The summed E-state index contributed by atoms with van der Waals surface area (Å²) in [5.41, 5.74) is 1.53. The van der Waals surface area contributed by atoms with E-state index >= 15 is 0 Å². The third kappa shape index (κ3) is 4.49. The molecule has 7 heteroatoms. The van der Waals surface area contributed by atoms with Crippen LogP contribution in [0.3, 0.4) is 0 Å². The van der Waals surface area contributed by atoms with Gasteiger partial charge in [-0.05, 0) is 55.5 Å². The SMILES string of the molecule is O=C(Cc1cccs1)N1CCN(c2nc(C3CCCCC3)nc3sc4c(c23)CCCCC4)CC1. The average molecular weight is 495 g/mol.